The highest BCUT2D eigenvalue weighted by Gasteiger charge is 2.45. The molecule has 65 heavy (non-hydrogen) atoms. The van der Waals surface area contributed by atoms with Gasteiger partial charge < -0.3 is 41.3 Å². The zero-order valence-corrected chi connectivity index (χ0v) is 39.0. The number of thiazole rings is 1. The number of likely N-dealkylation sites (tertiary alicyclic amines) is 1. The summed E-state index contributed by atoms with van der Waals surface area (Å²) in [6, 6.07) is 15.3. The second kappa shape index (κ2) is 21.1. The van der Waals surface area contributed by atoms with Crippen molar-refractivity contribution in [2.75, 3.05) is 30.3 Å². The van der Waals surface area contributed by atoms with E-state index in [1.165, 1.54) is 4.90 Å². The molecule has 2 aromatic heterocycles. The fourth-order valence-corrected chi connectivity index (χ4v) is 10.4. The van der Waals surface area contributed by atoms with Crippen molar-refractivity contribution >= 4 is 46.5 Å². The van der Waals surface area contributed by atoms with Crippen molar-refractivity contribution < 1.29 is 29.4 Å². The molecule has 4 aromatic rings. The third kappa shape index (κ3) is 11.6. The van der Waals surface area contributed by atoms with Gasteiger partial charge in [0.1, 0.15) is 17.8 Å². The van der Waals surface area contributed by atoms with Crippen LogP contribution >= 0.6 is 11.3 Å². The van der Waals surface area contributed by atoms with Crippen molar-refractivity contribution in [1.82, 2.24) is 35.6 Å². The molecule has 7 rings (SSSR count). The predicted molar refractivity (Wildman–Crippen MR) is 253 cm³/mol. The van der Waals surface area contributed by atoms with E-state index < -0.39 is 23.6 Å². The van der Waals surface area contributed by atoms with Crippen LogP contribution in [-0.2, 0) is 25.7 Å². The predicted octanol–water partition coefficient (Wildman–Crippen LogP) is 6.36. The number of nitrogen functional groups attached to an aromatic ring is 1. The molecule has 0 saturated carbocycles. The number of hydrogen-bond donors (Lipinski definition) is 5. The third-order valence-electron chi connectivity index (χ3n) is 13.1. The van der Waals surface area contributed by atoms with Crippen LogP contribution in [0.25, 0.3) is 21.7 Å². The number of aliphatic hydroxyl groups excluding tert-OH is 1. The minimum absolute atomic E-state index is 0.0229. The molecule has 5 heterocycles. The number of benzene rings is 2. The maximum absolute atomic E-state index is 14.0. The average molecular weight is 908 g/mol. The van der Waals surface area contributed by atoms with Gasteiger partial charge in [0.2, 0.25) is 23.6 Å². The number of nitrogens with two attached hydrogens (primary N) is 1. The SMILES string of the molecule is Cc1ncsc1-c1ccc(CNC(=O)[C@@H]2C[C@@H](O)CN2C(=O)[C@@H](NC(=O)CCCCCCCCC(=O)N2C3CCCC2CN(c2cc(-c4ccccc4O)nnc2N)C3)C(C)(C)C)cc1. The van der Waals surface area contributed by atoms with Gasteiger partial charge in [0.25, 0.3) is 0 Å². The monoisotopic (exact) mass is 907 g/mol. The molecule has 3 aliphatic rings. The Bertz CT molecular complexity index is 2280. The van der Waals surface area contributed by atoms with Crippen LogP contribution in [0.5, 0.6) is 5.75 Å². The number of carbonyl (C=O) groups excluding carboxylic acids is 4. The Balaban J connectivity index is 0.815. The number of aliphatic hydroxyl groups is 1. The fraction of sp³-hybridized carbons (Fsp3) is 0.531. The Morgan fingerprint density at radius 3 is 2.25 bits per heavy atom. The number of para-hydroxylation sites is 1. The van der Waals surface area contributed by atoms with Gasteiger partial charge in [0.05, 0.1) is 33.6 Å². The van der Waals surface area contributed by atoms with E-state index in [4.69, 9.17) is 5.73 Å². The van der Waals surface area contributed by atoms with Gasteiger partial charge in [-0.1, -0.05) is 82.9 Å². The lowest BCUT2D eigenvalue weighted by Gasteiger charge is -2.51. The molecule has 0 radical (unpaired) electrons. The number of unbranched alkanes of at least 4 members (excludes halogenated alkanes) is 5. The first-order chi connectivity index (χ1) is 31.2. The Labute approximate surface area is 386 Å². The maximum Gasteiger partial charge on any atom is 0.246 e. The molecule has 3 fully saturated rings. The first kappa shape index (κ1) is 47.4. The molecule has 2 unspecified atom stereocenters. The van der Waals surface area contributed by atoms with Gasteiger partial charge in [-0.25, -0.2) is 4.98 Å². The Morgan fingerprint density at radius 1 is 0.908 bits per heavy atom. The van der Waals surface area contributed by atoms with Crippen LogP contribution in [0.2, 0.25) is 0 Å². The number of carbonyl (C=O) groups is 4. The van der Waals surface area contributed by atoms with Crippen molar-refractivity contribution in [3.8, 4) is 27.4 Å². The molecular formula is C49H65N9O6S. The highest BCUT2D eigenvalue weighted by Crippen LogP contribution is 2.37. The van der Waals surface area contributed by atoms with E-state index >= 15 is 0 Å². The van der Waals surface area contributed by atoms with Gasteiger partial charge in [0, 0.05) is 63.1 Å². The topological polar surface area (TPSA) is 207 Å². The summed E-state index contributed by atoms with van der Waals surface area (Å²) in [5.74, 6) is -0.264. The number of nitrogens with one attached hydrogen (secondary N) is 2. The number of amides is 4. The van der Waals surface area contributed by atoms with E-state index in [0.717, 1.165) is 78.8 Å². The summed E-state index contributed by atoms with van der Waals surface area (Å²) < 4.78 is 0. The summed E-state index contributed by atoms with van der Waals surface area (Å²) in [5, 5.41) is 35.4. The van der Waals surface area contributed by atoms with Gasteiger partial charge in [-0.2, -0.15) is 0 Å². The first-order valence-electron chi connectivity index (χ1n) is 23.2. The minimum Gasteiger partial charge on any atom is -0.507 e. The molecule has 6 N–H and O–H groups in total. The number of fused-ring (bicyclic) bond motifs is 2. The number of piperazine rings is 1. The minimum atomic E-state index is -0.868. The largest absolute Gasteiger partial charge is 0.507 e. The lowest BCUT2D eigenvalue weighted by atomic mass is 9.85. The van der Waals surface area contributed by atoms with E-state index in [9.17, 15) is 29.4 Å². The van der Waals surface area contributed by atoms with Gasteiger partial charge >= 0.3 is 0 Å². The van der Waals surface area contributed by atoms with E-state index in [2.05, 4.69) is 35.6 Å². The first-order valence-corrected chi connectivity index (χ1v) is 24.1. The number of aromatic hydroxyl groups is 1. The number of aromatic nitrogens is 3. The Hall–Kier alpha value is -5.61. The highest BCUT2D eigenvalue weighted by molar-refractivity contribution is 7.13. The number of aryl methyl sites for hydroxylation is 1. The maximum atomic E-state index is 14.0. The van der Waals surface area contributed by atoms with Crippen LogP contribution in [0, 0.1) is 12.3 Å². The van der Waals surface area contributed by atoms with Crippen LogP contribution < -0.4 is 21.3 Å². The summed E-state index contributed by atoms with van der Waals surface area (Å²) >= 11 is 1.58. The quantitative estimate of drug-likeness (QED) is 0.0737. The van der Waals surface area contributed by atoms with Crippen LogP contribution in [0.15, 0.2) is 60.1 Å². The zero-order valence-electron chi connectivity index (χ0n) is 38.2. The van der Waals surface area contributed by atoms with Crippen LogP contribution in [0.1, 0.15) is 109 Å². The second-order valence-electron chi connectivity index (χ2n) is 19.0. The Morgan fingerprint density at radius 2 is 1.58 bits per heavy atom. The van der Waals surface area contributed by atoms with Crippen LogP contribution in [-0.4, -0.2) is 109 Å². The zero-order chi connectivity index (χ0) is 46.3. The van der Waals surface area contributed by atoms with E-state index in [0.29, 0.717) is 43.0 Å². The number of nitrogens with zero attached hydrogens (tertiary/aromatic N) is 6. The number of rotatable bonds is 17. The number of anilines is 2. The average Bonchev–Trinajstić information content (AvgIpc) is 3.90. The van der Waals surface area contributed by atoms with Crippen LogP contribution in [0.3, 0.4) is 0 Å². The van der Waals surface area contributed by atoms with Gasteiger partial charge in [-0.3, -0.25) is 19.2 Å². The van der Waals surface area contributed by atoms with Gasteiger partial charge in [0.15, 0.2) is 5.82 Å². The van der Waals surface area contributed by atoms with Crippen molar-refractivity contribution in [2.45, 2.75) is 142 Å². The molecule has 5 atom stereocenters. The summed E-state index contributed by atoms with van der Waals surface area (Å²) in [5.41, 5.74) is 12.4. The van der Waals surface area contributed by atoms with E-state index in [1.54, 1.807) is 29.5 Å². The molecule has 4 amide bonds. The summed E-state index contributed by atoms with van der Waals surface area (Å²) in [6.45, 7) is 9.27. The molecule has 0 aliphatic carbocycles. The number of hydrogen-bond acceptors (Lipinski definition) is 12. The molecule has 2 bridgehead atoms. The number of β-amino-alcohol motifs (C(OH)–C–C–N with tert-alkyl or cyclic N) is 1. The number of phenolic OH excluding ortho intramolecular Hbond substituents is 1. The van der Waals surface area contributed by atoms with E-state index in [-0.39, 0.29) is 67.4 Å². The van der Waals surface area contributed by atoms with Crippen molar-refractivity contribution in [3.63, 3.8) is 0 Å². The number of piperidine rings is 1. The van der Waals surface area contributed by atoms with Crippen molar-refractivity contribution in [1.29, 1.82) is 0 Å². The van der Waals surface area contributed by atoms with Gasteiger partial charge in [-0.15, -0.1) is 21.5 Å². The Kier molecular flexibility index (Phi) is 15.4. The highest BCUT2D eigenvalue weighted by atomic mass is 32.1. The molecule has 16 heteroatoms. The molecule has 15 nitrogen and oxygen atoms in total. The number of phenols is 1. The molecule has 2 aromatic carbocycles. The molecule has 348 valence electrons. The van der Waals surface area contributed by atoms with Crippen LogP contribution in [0.4, 0.5) is 11.5 Å². The van der Waals surface area contributed by atoms with Gasteiger partial charge in [-0.05, 0) is 73.8 Å². The molecule has 0 spiro atoms. The second-order valence-corrected chi connectivity index (χ2v) is 19.9. The van der Waals surface area contributed by atoms with Crippen molar-refractivity contribution in [3.05, 3.63) is 71.4 Å². The molecule has 3 aliphatic heterocycles. The van der Waals surface area contributed by atoms with Crippen molar-refractivity contribution in [2.24, 2.45) is 5.41 Å². The lowest BCUT2D eigenvalue weighted by molar-refractivity contribution is -0.144. The molecular weight excluding hydrogens is 843 g/mol. The molecule has 3 saturated heterocycles. The smallest absolute Gasteiger partial charge is 0.246 e. The lowest BCUT2D eigenvalue weighted by Crippen LogP contribution is -2.62. The summed E-state index contributed by atoms with van der Waals surface area (Å²) in [4.78, 5) is 65.6. The normalized spacial score (nSPS) is 20.1. The van der Waals surface area contributed by atoms with E-state index in [1.807, 2.05) is 69.6 Å². The standard InChI is InChI=1S/C49H65N9O6S/c1-31-44(65-30-52-31)33-22-20-32(21-23-33)26-51-47(63)40-24-36(59)29-57(40)48(64)45(49(2,3)4)53-42(61)18-9-7-5-6-8-10-19-43(62)58-34-14-13-15-35(58)28-56(27-34)39-25-38(54-55-46(39)50)37-16-11-12-17-41(37)60/h11-12,16-17,20-23,25,30,34-36,40,45,59-60H,5-10,13-15,18-19,24,26-29H2,1-4H3,(H2,50,55)(H,51,63)(H,53,61)/t34?,35?,36-,40+,45-/m1/s1. The third-order valence-corrected chi connectivity index (χ3v) is 14.1. The summed E-state index contributed by atoms with van der Waals surface area (Å²) in [7, 11) is 0. The fourth-order valence-electron chi connectivity index (χ4n) is 9.59. The summed E-state index contributed by atoms with van der Waals surface area (Å²) in [6.07, 6.45) is 8.20.